The van der Waals surface area contributed by atoms with Crippen molar-refractivity contribution >= 4 is 0 Å². The second-order valence-electron chi connectivity index (χ2n) is 29.1. The van der Waals surface area contributed by atoms with E-state index in [2.05, 4.69) is 241 Å². The summed E-state index contributed by atoms with van der Waals surface area (Å²) in [6, 6.07) is 141. The van der Waals surface area contributed by atoms with Crippen LogP contribution >= 0.6 is 0 Å². The van der Waals surface area contributed by atoms with Gasteiger partial charge in [-0.3, -0.25) is 0 Å². The molecule has 0 amide bonds. The first-order chi connectivity index (χ1) is 57.3. The Morgan fingerprint density at radius 2 is 0.521 bits per heavy atom. The van der Waals surface area contributed by atoms with E-state index < -0.39 is 0 Å². The zero-order chi connectivity index (χ0) is 80.6. The van der Waals surface area contributed by atoms with E-state index in [1.54, 1.807) is 12.4 Å². The van der Waals surface area contributed by atoms with Crippen LogP contribution in [0, 0.1) is 63.2 Å². The Bertz CT molecular complexity index is 5770. The summed E-state index contributed by atoms with van der Waals surface area (Å²) in [6.07, 6.45) is 12.9. The van der Waals surface area contributed by atoms with Crippen LogP contribution in [-0.4, -0.2) is 34.9 Å². The van der Waals surface area contributed by atoms with Crippen LogP contribution in [0.1, 0.15) is 66.6 Å². The maximum Gasteiger partial charge on any atom is 0.0242 e. The molecule has 2 aliphatic carbocycles. The number of pyridine rings is 7. The number of hydrogen-bond donors (Lipinski definition) is 0. The van der Waals surface area contributed by atoms with Gasteiger partial charge in [-0.2, -0.15) is 0 Å². The first-order valence-corrected chi connectivity index (χ1v) is 39.1. The van der Waals surface area contributed by atoms with E-state index in [0.29, 0.717) is 0 Å². The van der Waals surface area contributed by atoms with E-state index in [0.717, 1.165) is 78.8 Å². The number of fused-ring (bicyclic) bond motifs is 6. The molecule has 11 aromatic carbocycles. The fraction of sp³-hybridized carbons (Fsp3) is 0.0818. The maximum absolute atomic E-state index is 4.55. The number of aromatic nitrogens is 7. The molecule has 604 valence electrons. The van der Waals surface area contributed by atoms with Crippen molar-refractivity contribution in [2.75, 3.05) is 0 Å². The molecule has 0 aliphatic heterocycles. The van der Waals surface area contributed by atoms with Gasteiger partial charge in [0.1, 0.15) is 0 Å². The molecule has 18 aromatic rings. The van der Waals surface area contributed by atoms with Crippen molar-refractivity contribution in [2.24, 2.45) is 0 Å². The summed E-state index contributed by atoms with van der Waals surface area (Å²) in [5.41, 5.74) is 33.5. The van der Waals surface area contributed by atoms with Crippen LogP contribution in [0.2, 0.25) is 0 Å². The van der Waals surface area contributed by atoms with Gasteiger partial charge in [0.15, 0.2) is 0 Å². The zero-order valence-corrected chi connectivity index (χ0v) is 77.6. The largest absolute Gasteiger partial charge is 0.305 e. The molecular formula is C110H86Ir4N7-7. The van der Waals surface area contributed by atoms with Gasteiger partial charge < -0.3 is 34.9 Å². The summed E-state index contributed by atoms with van der Waals surface area (Å²) in [5.74, 6) is 0. The minimum absolute atomic E-state index is 0. The van der Waals surface area contributed by atoms with Gasteiger partial charge >= 0.3 is 0 Å². The average Bonchev–Trinajstić information content (AvgIpc) is 1.59. The third-order valence-corrected chi connectivity index (χ3v) is 20.5. The summed E-state index contributed by atoms with van der Waals surface area (Å²) in [4.78, 5) is 30.7. The van der Waals surface area contributed by atoms with Crippen molar-refractivity contribution < 1.29 is 80.4 Å². The van der Waals surface area contributed by atoms with Crippen LogP contribution in [0.25, 0.3) is 123 Å². The number of nitrogens with zero attached hydrogens (tertiary/aromatic N) is 7. The van der Waals surface area contributed by atoms with Crippen LogP contribution in [0.5, 0.6) is 0 Å². The molecule has 4 radical (unpaired) electrons. The Labute approximate surface area is 767 Å². The van der Waals surface area contributed by atoms with Crippen LogP contribution < -0.4 is 0 Å². The molecule has 121 heavy (non-hydrogen) atoms. The van der Waals surface area contributed by atoms with E-state index >= 15 is 0 Å². The summed E-state index contributed by atoms with van der Waals surface area (Å²) >= 11 is 0. The molecular weight excluding hydrogens is 2190 g/mol. The quantitative estimate of drug-likeness (QED) is 0.133. The molecule has 7 aromatic heterocycles. The van der Waals surface area contributed by atoms with Gasteiger partial charge in [-0.1, -0.05) is 231 Å². The van der Waals surface area contributed by atoms with Crippen molar-refractivity contribution in [3.05, 3.63) is 477 Å². The van der Waals surface area contributed by atoms with Gasteiger partial charge in [-0.15, -0.1) is 238 Å². The fourth-order valence-corrected chi connectivity index (χ4v) is 14.4. The maximum atomic E-state index is 4.55. The summed E-state index contributed by atoms with van der Waals surface area (Å²) in [6.45, 7) is 15.5. The van der Waals surface area contributed by atoms with Crippen molar-refractivity contribution in [1.29, 1.82) is 0 Å². The second kappa shape index (κ2) is 44.9. The normalized spacial score (nSPS) is 11.3. The standard InChI is InChI=1S/2C20H16N.2C18H14N.C12H10N.2C11H8N.4Ir/c2*1-20(2)17-8-4-3-7-15(17)16-11-10-14(13-18(16)20)19-9-5-6-12-21-19;2*1-14-12-18(16-10-6-3-7-11-16)19-13-17(14)15-8-4-2-5-9-15;1-10-6-5-9-13-12(10)11-7-3-2-4-8-11;2*1-2-6-10(7-3-1)11-8-4-5-9-12-11;;;;/h2*3-9,11-13H,1-2H3;2*2-10,12-13H,1H3;2-7,9H,1H3;2*1-6,8-9H;;;;/q7*-1;;;;. The molecule has 0 atom stereocenters. The van der Waals surface area contributed by atoms with Gasteiger partial charge in [-0.25, -0.2) is 0 Å². The third kappa shape index (κ3) is 23.2. The van der Waals surface area contributed by atoms with E-state index in [1.807, 2.05) is 268 Å². The zero-order valence-electron chi connectivity index (χ0n) is 68.0. The summed E-state index contributed by atoms with van der Waals surface area (Å²) in [7, 11) is 0. The monoisotopic (exact) mass is 2280 g/mol. The van der Waals surface area contributed by atoms with Gasteiger partial charge in [0.25, 0.3) is 0 Å². The molecule has 0 saturated heterocycles. The topological polar surface area (TPSA) is 90.2 Å². The molecule has 0 saturated carbocycles. The Morgan fingerprint density at radius 1 is 0.215 bits per heavy atom. The average molecular weight is 2270 g/mol. The van der Waals surface area contributed by atoms with Gasteiger partial charge in [-0.05, 0) is 135 Å². The molecule has 7 heterocycles. The van der Waals surface area contributed by atoms with E-state index in [4.69, 9.17) is 0 Å². The smallest absolute Gasteiger partial charge is 0.0242 e. The van der Waals surface area contributed by atoms with Crippen molar-refractivity contribution in [3.63, 3.8) is 0 Å². The Morgan fingerprint density at radius 3 is 0.843 bits per heavy atom. The third-order valence-electron chi connectivity index (χ3n) is 20.5. The first kappa shape index (κ1) is 91.4. The number of aryl methyl sites for hydroxylation is 3. The van der Waals surface area contributed by atoms with Gasteiger partial charge in [0.05, 0.1) is 0 Å². The van der Waals surface area contributed by atoms with Crippen molar-refractivity contribution in [3.8, 4) is 123 Å². The van der Waals surface area contributed by atoms with Gasteiger partial charge in [0, 0.05) is 135 Å². The van der Waals surface area contributed by atoms with Crippen LogP contribution in [-0.2, 0) is 91.3 Å². The summed E-state index contributed by atoms with van der Waals surface area (Å²) in [5, 5.41) is 0. The number of hydrogen-bond acceptors (Lipinski definition) is 7. The predicted molar refractivity (Wildman–Crippen MR) is 480 cm³/mol. The van der Waals surface area contributed by atoms with E-state index in [1.165, 1.54) is 83.5 Å². The Kier molecular flexibility index (Phi) is 33.9. The second-order valence-corrected chi connectivity index (χ2v) is 29.1. The number of rotatable bonds is 9. The number of benzene rings is 11. The minimum atomic E-state index is 0. The van der Waals surface area contributed by atoms with E-state index in [-0.39, 0.29) is 91.3 Å². The predicted octanol–water partition coefficient (Wildman–Crippen LogP) is 26.7. The van der Waals surface area contributed by atoms with E-state index in [9.17, 15) is 0 Å². The molecule has 11 heteroatoms. The summed E-state index contributed by atoms with van der Waals surface area (Å²) < 4.78 is 0. The molecule has 20 rings (SSSR count). The SMILES string of the molecule is CC1(C)c2ccccc2-c2c[c-]c(-c3ccccn3)cc21.CC1(C)c2ccccc2-c2c[c-]c(-c3ccccn3)cc21.Cc1cc(-c2[c-]cccc2)ncc1-c1ccccc1.Cc1cc(-c2[c-]cccc2)ncc1-c1ccccc1.Cc1cccnc1-c1[c-]cccc1.[Ir].[Ir].[Ir].[Ir].[c-]1ccccc1-c1ccccn1.[c-]1ccccc1-c1ccccn1. The molecule has 0 unspecified atom stereocenters. The van der Waals surface area contributed by atoms with Crippen LogP contribution in [0.3, 0.4) is 0 Å². The molecule has 0 spiro atoms. The molecule has 7 nitrogen and oxygen atoms in total. The Hall–Kier alpha value is -11.9. The molecule has 0 bridgehead atoms. The molecule has 2 aliphatic rings. The minimum Gasteiger partial charge on any atom is -0.305 e. The van der Waals surface area contributed by atoms with Crippen molar-refractivity contribution in [2.45, 2.75) is 59.3 Å². The van der Waals surface area contributed by atoms with Crippen molar-refractivity contribution in [1.82, 2.24) is 34.9 Å². The van der Waals surface area contributed by atoms with Gasteiger partial charge in [0.2, 0.25) is 0 Å². The Balaban J connectivity index is 0.000000149. The van der Waals surface area contributed by atoms with Crippen LogP contribution in [0.15, 0.2) is 395 Å². The fourth-order valence-electron chi connectivity index (χ4n) is 14.4. The molecule has 0 N–H and O–H groups in total. The van der Waals surface area contributed by atoms with Crippen LogP contribution in [0.4, 0.5) is 0 Å². The first-order valence-electron chi connectivity index (χ1n) is 39.1. The molecule has 0 fully saturated rings.